The van der Waals surface area contributed by atoms with Crippen LogP contribution in [0.15, 0.2) is 58.1 Å². The summed E-state index contributed by atoms with van der Waals surface area (Å²) in [5.41, 5.74) is 11.1. The number of H-pyrrole nitrogens is 1. The lowest BCUT2D eigenvalue weighted by atomic mass is 10.1. The number of nitrogens with two attached hydrogens (primary N) is 2. The van der Waals surface area contributed by atoms with E-state index in [0.29, 0.717) is 13.0 Å². The molecule has 0 radical (unpaired) electrons. The molecular weight excluding hydrogens is 440 g/mol. The van der Waals surface area contributed by atoms with Gasteiger partial charge < -0.3 is 16.4 Å². The number of nitro groups is 1. The first-order chi connectivity index (χ1) is 16.2. The van der Waals surface area contributed by atoms with Crippen molar-refractivity contribution < 1.29 is 9.72 Å². The number of benzene rings is 2. The Bertz CT molecular complexity index is 1320. The Morgan fingerprint density at radius 2 is 1.85 bits per heavy atom. The summed E-state index contributed by atoms with van der Waals surface area (Å²) >= 11 is 0. The number of carbonyl (C=O) groups is 1. The summed E-state index contributed by atoms with van der Waals surface area (Å²) in [5, 5.41) is 11.7. The molecule has 5 N–H and O–H groups in total. The number of nitrogens with one attached hydrogen (secondary N) is 1. The van der Waals surface area contributed by atoms with Gasteiger partial charge in [-0.1, -0.05) is 43.7 Å². The maximum atomic E-state index is 12.9. The molecule has 3 aromatic rings. The predicted octanol–water partition coefficient (Wildman–Crippen LogP) is 2.13. The summed E-state index contributed by atoms with van der Waals surface area (Å²) in [7, 11) is 0. The van der Waals surface area contributed by atoms with Crippen LogP contribution in [0.25, 0.3) is 0 Å². The van der Waals surface area contributed by atoms with Gasteiger partial charge in [0, 0.05) is 30.3 Å². The quantitative estimate of drug-likeness (QED) is 0.303. The Morgan fingerprint density at radius 1 is 1.15 bits per heavy atom. The van der Waals surface area contributed by atoms with E-state index in [1.807, 2.05) is 37.3 Å². The number of rotatable bonds is 10. The van der Waals surface area contributed by atoms with Crippen LogP contribution in [0.5, 0.6) is 0 Å². The van der Waals surface area contributed by atoms with Crippen LogP contribution in [-0.4, -0.2) is 20.4 Å². The highest BCUT2D eigenvalue weighted by Crippen LogP contribution is 2.27. The van der Waals surface area contributed by atoms with Gasteiger partial charge in [0.1, 0.15) is 11.5 Å². The second-order valence-corrected chi connectivity index (χ2v) is 7.80. The Labute approximate surface area is 194 Å². The first kappa shape index (κ1) is 24.2. The highest BCUT2D eigenvalue weighted by atomic mass is 16.6. The zero-order valence-electron chi connectivity index (χ0n) is 18.7. The van der Waals surface area contributed by atoms with E-state index in [-0.39, 0.29) is 41.4 Å². The fourth-order valence-electron chi connectivity index (χ4n) is 3.67. The largest absolute Gasteiger partial charge is 0.383 e. The molecule has 3 rings (SSSR count). The first-order valence-corrected chi connectivity index (χ1v) is 10.7. The van der Waals surface area contributed by atoms with Gasteiger partial charge in [-0.15, -0.1) is 0 Å². The number of primary amides is 1. The van der Waals surface area contributed by atoms with Crippen molar-refractivity contribution >= 4 is 23.1 Å². The van der Waals surface area contributed by atoms with Gasteiger partial charge in [-0.3, -0.25) is 29.3 Å². The summed E-state index contributed by atoms with van der Waals surface area (Å²) < 4.78 is 1.29. The fraction of sp³-hybridized carbons (Fsp3) is 0.261. The van der Waals surface area contributed by atoms with E-state index < -0.39 is 22.1 Å². The molecule has 34 heavy (non-hydrogen) atoms. The maximum Gasteiger partial charge on any atom is 0.330 e. The van der Waals surface area contributed by atoms with Crippen molar-refractivity contribution in [3.8, 4) is 0 Å². The van der Waals surface area contributed by atoms with Crippen molar-refractivity contribution in [2.45, 2.75) is 39.4 Å². The van der Waals surface area contributed by atoms with Crippen molar-refractivity contribution in [2.24, 2.45) is 5.73 Å². The Morgan fingerprint density at radius 3 is 2.47 bits per heavy atom. The second kappa shape index (κ2) is 10.5. The first-order valence-electron chi connectivity index (χ1n) is 10.7. The van der Waals surface area contributed by atoms with E-state index in [2.05, 4.69) is 4.98 Å². The van der Waals surface area contributed by atoms with E-state index >= 15 is 0 Å². The number of unbranched alkanes of at least 4 members (excludes halogenated alkanes) is 1. The number of nitrogens with zero attached hydrogens (tertiary/aromatic N) is 3. The van der Waals surface area contributed by atoms with Crippen molar-refractivity contribution in [3.63, 3.8) is 0 Å². The SMILES string of the molecule is CCCCn1c(N)c(N(Cc2ccccc2)Cc2ccc(C(N)=O)cc2[N+](=O)[O-])c(=O)[nH]c1=O. The summed E-state index contributed by atoms with van der Waals surface area (Å²) in [6.45, 7) is 2.39. The molecule has 2 aromatic carbocycles. The van der Waals surface area contributed by atoms with E-state index in [1.54, 1.807) is 4.90 Å². The van der Waals surface area contributed by atoms with Crippen LogP contribution in [0, 0.1) is 10.1 Å². The number of hydrogen-bond donors (Lipinski definition) is 3. The number of aromatic nitrogens is 2. The third-order valence-electron chi connectivity index (χ3n) is 5.41. The highest BCUT2D eigenvalue weighted by molar-refractivity contribution is 5.93. The minimum absolute atomic E-state index is 0.00413. The molecule has 1 aromatic heterocycles. The predicted molar refractivity (Wildman–Crippen MR) is 129 cm³/mol. The van der Waals surface area contributed by atoms with Crippen molar-refractivity contribution in [1.29, 1.82) is 0 Å². The lowest BCUT2D eigenvalue weighted by Crippen LogP contribution is -2.38. The number of hydrogen-bond acceptors (Lipinski definition) is 7. The minimum atomic E-state index is -0.792. The number of aromatic amines is 1. The number of carbonyl (C=O) groups excluding carboxylic acids is 1. The smallest absolute Gasteiger partial charge is 0.330 e. The van der Waals surface area contributed by atoms with Gasteiger partial charge in [0.15, 0.2) is 0 Å². The van der Waals surface area contributed by atoms with Crippen LogP contribution < -0.4 is 27.6 Å². The van der Waals surface area contributed by atoms with Gasteiger partial charge in [0.25, 0.3) is 11.2 Å². The average Bonchev–Trinajstić information content (AvgIpc) is 2.79. The van der Waals surface area contributed by atoms with Gasteiger partial charge in [0.05, 0.1) is 11.5 Å². The number of amides is 1. The molecule has 178 valence electrons. The summed E-state index contributed by atoms with van der Waals surface area (Å²) in [5.74, 6) is -0.811. The summed E-state index contributed by atoms with van der Waals surface area (Å²) in [6, 6.07) is 13.1. The molecule has 0 aliphatic rings. The molecule has 11 nitrogen and oxygen atoms in total. The fourth-order valence-corrected chi connectivity index (χ4v) is 3.67. The van der Waals surface area contributed by atoms with Crippen LogP contribution in [0.1, 0.15) is 41.3 Å². The van der Waals surface area contributed by atoms with E-state index in [1.165, 1.54) is 16.7 Å². The lowest BCUT2D eigenvalue weighted by Gasteiger charge is -2.26. The minimum Gasteiger partial charge on any atom is -0.383 e. The lowest BCUT2D eigenvalue weighted by molar-refractivity contribution is -0.385. The van der Waals surface area contributed by atoms with Crippen molar-refractivity contribution in [1.82, 2.24) is 9.55 Å². The Hall–Kier alpha value is -4.41. The summed E-state index contributed by atoms with van der Waals surface area (Å²) in [6.07, 6.45) is 1.49. The summed E-state index contributed by atoms with van der Waals surface area (Å²) in [4.78, 5) is 51.8. The van der Waals surface area contributed by atoms with Crippen LogP contribution in [0.3, 0.4) is 0 Å². The van der Waals surface area contributed by atoms with Gasteiger partial charge in [0.2, 0.25) is 5.91 Å². The molecule has 0 saturated heterocycles. The van der Waals surface area contributed by atoms with Gasteiger partial charge in [-0.2, -0.15) is 0 Å². The maximum absolute atomic E-state index is 12.9. The van der Waals surface area contributed by atoms with E-state index in [4.69, 9.17) is 11.5 Å². The van der Waals surface area contributed by atoms with Crippen LogP contribution in [0.4, 0.5) is 17.2 Å². The van der Waals surface area contributed by atoms with E-state index in [9.17, 15) is 24.5 Å². The van der Waals surface area contributed by atoms with Crippen molar-refractivity contribution in [3.05, 3.63) is 96.2 Å². The molecule has 11 heteroatoms. The Kier molecular flexibility index (Phi) is 7.46. The van der Waals surface area contributed by atoms with Gasteiger partial charge >= 0.3 is 5.69 Å². The molecule has 0 bridgehead atoms. The molecule has 0 atom stereocenters. The molecule has 0 fully saturated rings. The standard InChI is InChI=1S/C23H26N6O5/c1-2-3-11-28-20(24)19(22(31)26-23(28)32)27(13-15-7-5-4-6-8-15)14-17-10-9-16(21(25)30)12-18(17)29(33)34/h4-10,12H,2-3,11,13-14,24H2,1H3,(H2,25,30)(H,26,31,32). The zero-order chi connectivity index (χ0) is 24.8. The molecule has 1 heterocycles. The third kappa shape index (κ3) is 5.31. The Balaban J connectivity index is 2.15. The number of nitro benzene ring substituents is 1. The third-order valence-corrected chi connectivity index (χ3v) is 5.41. The van der Waals surface area contributed by atoms with Crippen LogP contribution >= 0.6 is 0 Å². The normalized spacial score (nSPS) is 10.7. The monoisotopic (exact) mass is 466 g/mol. The molecular formula is C23H26N6O5. The molecule has 0 saturated carbocycles. The number of nitrogen functional groups attached to an aromatic ring is 1. The average molecular weight is 466 g/mol. The van der Waals surface area contributed by atoms with Crippen LogP contribution in [-0.2, 0) is 19.6 Å². The van der Waals surface area contributed by atoms with Gasteiger partial charge in [-0.25, -0.2) is 4.79 Å². The zero-order valence-corrected chi connectivity index (χ0v) is 18.7. The van der Waals surface area contributed by atoms with Crippen molar-refractivity contribution in [2.75, 3.05) is 10.6 Å². The molecule has 0 unspecified atom stereocenters. The van der Waals surface area contributed by atoms with Gasteiger partial charge in [-0.05, 0) is 24.1 Å². The topological polar surface area (TPSA) is 170 Å². The molecule has 0 spiro atoms. The van der Waals surface area contributed by atoms with Crippen LogP contribution in [0.2, 0.25) is 0 Å². The number of anilines is 2. The van der Waals surface area contributed by atoms with E-state index in [0.717, 1.165) is 18.1 Å². The molecule has 1 amide bonds. The molecule has 0 aliphatic carbocycles. The highest BCUT2D eigenvalue weighted by Gasteiger charge is 2.24. The second-order valence-electron chi connectivity index (χ2n) is 7.80. The molecule has 0 aliphatic heterocycles.